The van der Waals surface area contributed by atoms with Crippen LogP contribution in [0.2, 0.25) is 0 Å². The van der Waals surface area contributed by atoms with Gasteiger partial charge in [-0.05, 0) is 45.2 Å². The van der Waals surface area contributed by atoms with Gasteiger partial charge in [-0.25, -0.2) is 4.79 Å². The van der Waals surface area contributed by atoms with Gasteiger partial charge in [-0.2, -0.15) is 12.6 Å². The highest BCUT2D eigenvalue weighted by atomic mass is 32.1. The van der Waals surface area contributed by atoms with E-state index in [4.69, 9.17) is 22.3 Å². The van der Waals surface area contributed by atoms with Gasteiger partial charge < -0.3 is 32.9 Å². The predicted molar refractivity (Wildman–Crippen MR) is 99.1 cm³/mol. The minimum Gasteiger partial charge on any atom is -0.480 e. The number of nitrogens with one attached hydrogen (secondary N) is 2. The second-order valence-corrected chi connectivity index (χ2v) is 6.18. The maximum Gasteiger partial charge on any atom is 0.327 e. The molecule has 0 fully saturated rings. The van der Waals surface area contributed by atoms with Gasteiger partial charge >= 0.3 is 5.97 Å². The quantitative estimate of drug-likeness (QED) is 0.143. The maximum absolute atomic E-state index is 12.3. The summed E-state index contributed by atoms with van der Waals surface area (Å²) < 4.78 is 0. The van der Waals surface area contributed by atoms with E-state index in [9.17, 15) is 14.4 Å². The highest BCUT2D eigenvalue weighted by molar-refractivity contribution is 7.80. The van der Waals surface area contributed by atoms with Crippen molar-refractivity contribution < 1.29 is 19.5 Å². The van der Waals surface area contributed by atoms with Crippen molar-refractivity contribution in [2.75, 3.05) is 18.8 Å². The number of thiol groups is 1. The third-order valence-corrected chi connectivity index (χ3v) is 4.05. The van der Waals surface area contributed by atoms with Gasteiger partial charge in [0.2, 0.25) is 11.8 Å². The zero-order valence-corrected chi connectivity index (χ0v) is 15.3. The molecule has 0 spiro atoms. The molecule has 0 aliphatic rings. The van der Waals surface area contributed by atoms with E-state index in [1.54, 1.807) is 0 Å². The number of aliphatic carboxylic acids is 1. The Hall–Kier alpha value is -1.36. The molecule has 0 saturated carbocycles. The van der Waals surface area contributed by atoms with Gasteiger partial charge in [0.1, 0.15) is 12.1 Å². The molecule has 0 aliphatic heterocycles. The number of nitrogens with two attached hydrogens (primary N) is 3. The zero-order chi connectivity index (χ0) is 19.2. The monoisotopic (exact) mass is 377 g/mol. The molecule has 3 atom stereocenters. The standard InChI is InChI=1S/C15H31N5O4S/c16-7-3-1-5-10(18)13(21)19-11(6-2-4-8-17)14(22)20-12(9-25)15(23)24/h10-12,25H,1-9,16-18H2,(H,19,21)(H,20,22)(H,23,24). The van der Waals surface area contributed by atoms with Crippen molar-refractivity contribution in [3.05, 3.63) is 0 Å². The second kappa shape index (κ2) is 13.9. The molecule has 0 aromatic carbocycles. The lowest BCUT2D eigenvalue weighted by Crippen LogP contribution is -2.54. The van der Waals surface area contributed by atoms with Crippen LogP contribution in [0, 0.1) is 0 Å². The van der Waals surface area contributed by atoms with Gasteiger partial charge in [-0.3, -0.25) is 9.59 Å². The average molecular weight is 378 g/mol. The van der Waals surface area contributed by atoms with Crippen LogP contribution in [0.15, 0.2) is 0 Å². The molecule has 9 nitrogen and oxygen atoms in total. The first-order chi connectivity index (χ1) is 11.9. The molecule has 2 amide bonds. The minimum absolute atomic E-state index is 0.0524. The van der Waals surface area contributed by atoms with Crippen molar-refractivity contribution in [2.24, 2.45) is 17.2 Å². The zero-order valence-electron chi connectivity index (χ0n) is 14.4. The molecule has 0 aromatic heterocycles. The largest absolute Gasteiger partial charge is 0.480 e. The Balaban J connectivity index is 4.76. The summed E-state index contributed by atoms with van der Waals surface area (Å²) in [4.78, 5) is 35.5. The first-order valence-corrected chi connectivity index (χ1v) is 9.10. The Morgan fingerprint density at radius 1 is 0.880 bits per heavy atom. The lowest BCUT2D eigenvalue weighted by molar-refractivity contribution is -0.141. The van der Waals surface area contributed by atoms with Crippen LogP contribution in [-0.2, 0) is 14.4 Å². The Kier molecular flexibility index (Phi) is 13.1. The van der Waals surface area contributed by atoms with Gasteiger partial charge in [0, 0.05) is 5.75 Å². The smallest absolute Gasteiger partial charge is 0.327 e. The normalized spacial score (nSPS) is 14.4. The topological polar surface area (TPSA) is 174 Å². The second-order valence-electron chi connectivity index (χ2n) is 5.82. The molecule has 10 heteroatoms. The number of carboxylic acid groups (broad SMARTS) is 1. The molecule has 0 heterocycles. The van der Waals surface area contributed by atoms with Crippen LogP contribution >= 0.6 is 12.6 Å². The van der Waals surface area contributed by atoms with Crippen LogP contribution < -0.4 is 27.8 Å². The Morgan fingerprint density at radius 3 is 1.88 bits per heavy atom. The van der Waals surface area contributed by atoms with Gasteiger partial charge in [0.15, 0.2) is 0 Å². The summed E-state index contributed by atoms with van der Waals surface area (Å²) in [5.74, 6) is -2.25. The Labute approximate surface area is 153 Å². The molecule has 146 valence electrons. The van der Waals surface area contributed by atoms with Crippen LogP contribution in [0.25, 0.3) is 0 Å². The summed E-state index contributed by atoms with van der Waals surface area (Å²) in [6, 6.07) is -2.72. The molecule has 0 saturated heterocycles. The molecule has 0 radical (unpaired) electrons. The summed E-state index contributed by atoms with van der Waals surface area (Å²) in [7, 11) is 0. The molecule has 0 bridgehead atoms. The molecule has 9 N–H and O–H groups in total. The Bertz CT molecular complexity index is 425. The molecule has 0 aromatic rings. The van der Waals surface area contributed by atoms with Crippen LogP contribution in [0.5, 0.6) is 0 Å². The van der Waals surface area contributed by atoms with Gasteiger partial charge in [-0.1, -0.05) is 6.42 Å². The predicted octanol–water partition coefficient (Wildman–Crippen LogP) is -1.44. The van der Waals surface area contributed by atoms with E-state index in [0.29, 0.717) is 38.8 Å². The lowest BCUT2D eigenvalue weighted by atomic mass is 10.1. The van der Waals surface area contributed by atoms with E-state index in [-0.39, 0.29) is 5.75 Å². The third-order valence-electron chi connectivity index (χ3n) is 3.68. The van der Waals surface area contributed by atoms with Crippen LogP contribution in [-0.4, -0.2) is 59.9 Å². The lowest BCUT2D eigenvalue weighted by Gasteiger charge is -2.22. The van der Waals surface area contributed by atoms with Crippen LogP contribution in [0.3, 0.4) is 0 Å². The number of hydrogen-bond acceptors (Lipinski definition) is 7. The molecule has 0 rings (SSSR count). The average Bonchev–Trinajstić information content (AvgIpc) is 2.58. The number of carbonyl (C=O) groups excluding carboxylic acids is 2. The maximum atomic E-state index is 12.3. The fraction of sp³-hybridized carbons (Fsp3) is 0.800. The summed E-state index contributed by atoms with van der Waals surface area (Å²) >= 11 is 3.90. The highest BCUT2D eigenvalue weighted by Crippen LogP contribution is 2.04. The third kappa shape index (κ3) is 10.3. The fourth-order valence-corrected chi connectivity index (χ4v) is 2.39. The summed E-state index contributed by atoms with van der Waals surface area (Å²) in [5.41, 5.74) is 16.7. The SMILES string of the molecule is NCCCCC(N)C(=O)NC(CCCCN)C(=O)NC(CS)C(=O)O. The van der Waals surface area contributed by atoms with Crippen molar-refractivity contribution >= 4 is 30.4 Å². The molecule has 3 unspecified atom stereocenters. The van der Waals surface area contributed by atoms with Crippen LogP contribution in [0.1, 0.15) is 38.5 Å². The van der Waals surface area contributed by atoms with E-state index in [1.165, 1.54) is 0 Å². The van der Waals surface area contributed by atoms with E-state index in [2.05, 4.69) is 23.3 Å². The number of hydrogen-bond donors (Lipinski definition) is 7. The van der Waals surface area contributed by atoms with E-state index in [1.807, 2.05) is 0 Å². The number of carbonyl (C=O) groups is 3. The molecule has 0 aliphatic carbocycles. The molecular weight excluding hydrogens is 346 g/mol. The van der Waals surface area contributed by atoms with Gasteiger partial charge in [0.25, 0.3) is 0 Å². The number of rotatable bonds is 14. The number of amides is 2. The van der Waals surface area contributed by atoms with E-state index in [0.717, 1.165) is 12.8 Å². The molecular formula is C15H31N5O4S. The number of unbranched alkanes of at least 4 members (excludes halogenated alkanes) is 2. The van der Waals surface area contributed by atoms with E-state index < -0.39 is 35.9 Å². The first-order valence-electron chi connectivity index (χ1n) is 8.47. The van der Waals surface area contributed by atoms with Crippen LogP contribution in [0.4, 0.5) is 0 Å². The molecule has 25 heavy (non-hydrogen) atoms. The van der Waals surface area contributed by atoms with Crippen molar-refractivity contribution in [1.82, 2.24) is 10.6 Å². The van der Waals surface area contributed by atoms with Gasteiger partial charge in [-0.15, -0.1) is 0 Å². The highest BCUT2D eigenvalue weighted by Gasteiger charge is 2.26. The van der Waals surface area contributed by atoms with Crippen molar-refractivity contribution in [2.45, 2.75) is 56.7 Å². The summed E-state index contributed by atoms with van der Waals surface area (Å²) in [5, 5.41) is 14.0. The van der Waals surface area contributed by atoms with E-state index >= 15 is 0 Å². The number of carboxylic acids is 1. The van der Waals surface area contributed by atoms with Gasteiger partial charge in [0.05, 0.1) is 6.04 Å². The summed E-state index contributed by atoms with van der Waals surface area (Å²) in [6.45, 7) is 0.994. The Morgan fingerprint density at radius 2 is 1.40 bits per heavy atom. The minimum atomic E-state index is -1.19. The van der Waals surface area contributed by atoms with Crippen molar-refractivity contribution in [1.29, 1.82) is 0 Å². The summed E-state index contributed by atoms with van der Waals surface area (Å²) in [6.07, 6.45) is 3.62. The fourth-order valence-electron chi connectivity index (χ4n) is 2.14. The van der Waals surface area contributed by atoms with Crippen molar-refractivity contribution in [3.63, 3.8) is 0 Å². The van der Waals surface area contributed by atoms with Crippen molar-refractivity contribution in [3.8, 4) is 0 Å². The first kappa shape index (κ1) is 23.6.